The van der Waals surface area contributed by atoms with Crippen LogP contribution in [0.4, 0.5) is 8.78 Å². The molecular formula is C31H37ClF2N2O2S. The van der Waals surface area contributed by atoms with Gasteiger partial charge in [-0.1, -0.05) is 42.5 Å². The van der Waals surface area contributed by atoms with Gasteiger partial charge in [0.05, 0.1) is 0 Å². The summed E-state index contributed by atoms with van der Waals surface area (Å²) >= 11 is 1.72. The fraction of sp³-hybridized carbons (Fsp3) is 0.387. The summed E-state index contributed by atoms with van der Waals surface area (Å²) in [6.07, 6.45) is 1.75. The van der Waals surface area contributed by atoms with Crippen molar-refractivity contribution in [1.82, 2.24) is 9.80 Å². The van der Waals surface area contributed by atoms with Crippen molar-refractivity contribution in [2.75, 3.05) is 45.0 Å². The van der Waals surface area contributed by atoms with Crippen molar-refractivity contribution in [3.05, 3.63) is 102 Å². The number of nitrogens with zero attached hydrogens (tertiary/aromatic N) is 2. The predicted octanol–water partition coefficient (Wildman–Crippen LogP) is 6.64. The van der Waals surface area contributed by atoms with Gasteiger partial charge in [0.15, 0.2) is 0 Å². The molecule has 1 aliphatic heterocycles. The minimum atomic E-state index is -0.251. The average molecular weight is 575 g/mol. The van der Waals surface area contributed by atoms with Gasteiger partial charge in [0, 0.05) is 56.2 Å². The summed E-state index contributed by atoms with van der Waals surface area (Å²) in [4.78, 5) is 17.7. The molecule has 1 saturated heterocycles. The van der Waals surface area contributed by atoms with Crippen molar-refractivity contribution in [3.8, 4) is 0 Å². The summed E-state index contributed by atoms with van der Waals surface area (Å²) in [5, 5.41) is 0. The van der Waals surface area contributed by atoms with E-state index in [2.05, 4.69) is 21.9 Å². The quantitative estimate of drug-likeness (QED) is 0.179. The van der Waals surface area contributed by atoms with E-state index < -0.39 is 0 Å². The number of benzene rings is 3. The van der Waals surface area contributed by atoms with Gasteiger partial charge in [-0.15, -0.1) is 24.2 Å². The van der Waals surface area contributed by atoms with Crippen LogP contribution in [0.5, 0.6) is 0 Å². The zero-order chi connectivity index (χ0) is 26.7. The second-order valence-electron chi connectivity index (χ2n) is 9.80. The van der Waals surface area contributed by atoms with Gasteiger partial charge in [0.25, 0.3) is 0 Å². The number of carbonyl (C=O) groups excluding carboxylic acids is 1. The number of carbonyl (C=O) groups is 1. The average Bonchev–Trinajstić information content (AvgIpc) is 2.92. The van der Waals surface area contributed by atoms with E-state index in [0.29, 0.717) is 0 Å². The number of rotatable bonds is 12. The van der Waals surface area contributed by atoms with E-state index >= 15 is 0 Å². The Labute approximate surface area is 241 Å². The summed E-state index contributed by atoms with van der Waals surface area (Å²) in [7, 11) is 0. The summed E-state index contributed by atoms with van der Waals surface area (Å²) in [5.41, 5.74) is 2.10. The van der Waals surface area contributed by atoms with Crippen LogP contribution < -0.4 is 0 Å². The van der Waals surface area contributed by atoms with Crippen LogP contribution >= 0.6 is 24.2 Å². The van der Waals surface area contributed by atoms with Gasteiger partial charge in [0.1, 0.15) is 17.7 Å². The first-order valence-electron chi connectivity index (χ1n) is 13.3. The van der Waals surface area contributed by atoms with Crippen molar-refractivity contribution >= 4 is 30.1 Å². The molecule has 4 nitrogen and oxygen atoms in total. The van der Waals surface area contributed by atoms with E-state index in [-0.39, 0.29) is 42.0 Å². The maximum atomic E-state index is 13.5. The number of esters is 1. The first-order valence-corrected chi connectivity index (χ1v) is 14.3. The highest BCUT2D eigenvalue weighted by atomic mass is 35.5. The molecule has 210 valence electrons. The Morgan fingerprint density at radius 2 is 1.38 bits per heavy atom. The van der Waals surface area contributed by atoms with Crippen molar-refractivity contribution in [2.45, 2.75) is 36.7 Å². The number of piperazine rings is 1. The minimum Gasteiger partial charge on any atom is -0.460 e. The number of ether oxygens (including phenoxy) is 1. The molecule has 39 heavy (non-hydrogen) atoms. The molecule has 0 aromatic heterocycles. The SMILES string of the molecule is CC(=O)OC(CSc1ccccc1)CN1CCN(CCCC(c2ccc(F)cc2)c2ccc(F)cc2)CC1.Cl. The Hall–Kier alpha value is -2.45. The van der Waals surface area contributed by atoms with Crippen LogP contribution in [0.1, 0.15) is 36.8 Å². The van der Waals surface area contributed by atoms with Crippen molar-refractivity contribution in [1.29, 1.82) is 0 Å². The van der Waals surface area contributed by atoms with Gasteiger partial charge < -0.3 is 9.64 Å². The third-order valence-corrected chi connectivity index (χ3v) is 8.09. The Kier molecular flexibility index (Phi) is 12.7. The first kappa shape index (κ1) is 31.1. The molecule has 1 heterocycles. The number of hydrogen-bond acceptors (Lipinski definition) is 5. The van der Waals surface area contributed by atoms with E-state index in [0.717, 1.165) is 69.0 Å². The van der Waals surface area contributed by atoms with Crippen LogP contribution in [-0.2, 0) is 9.53 Å². The largest absolute Gasteiger partial charge is 0.460 e. The molecule has 1 aliphatic rings. The minimum absolute atomic E-state index is 0. The summed E-state index contributed by atoms with van der Waals surface area (Å²) < 4.78 is 32.6. The predicted molar refractivity (Wildman–Crippen MR) is 157 cm³/mol. The van der Waals surface area contributed by atoms with Crippen LogP contribution in [0.3, 0.4) is 0 Å². The second-order valence-corrected chi connectivity index (χ2v) is 10.9. The zero-order valence-corrected chi connectivity index (χ0v) is 23.9. The first-order chi connectivity index (χ1) is 18.5. The van der Waals surface area contributed by atoms with E-state index in [1.165, 1.54) is 36.1 Å². The van der Waals surface area contributed by atoms with Gasteiger partial charge in [-0.2, -0.15) is 0 Å². The number of hydrogen-bond donors (Lipinski definition) is 0. The van der Waals surface area contributed by atoms with Gasteiger partial charge >= 0.3 is 5.97 Å². The summed E-state index contributed by atoms with van der Waals surface area (Å²) in [5.74, 6) is 0.0965. The second kappa shape index (κ2) is 16.0. The van der Waals surface area contributed by atoms with Gasteiger partial charge in [-0.3, -0.25) is 9.69 Å². The number of halogens is 3. The molecule has 0 saturated carbocycles. The topological polar surface area (TPSA) is 32.8 Å². The molecule has 0 spiro atoms. The molecule has 4 rings (SSSR count). The maximum Gasteiger partial charge on any atom is 0.302 e. The lowest BCUT2D eigenvalue weighted by Gasteiger charge is -2.36. The normalized spacial score (nSPS) is 15.1. The molecule has 1 fully saturated rings. The van der Waals surface area contributed by atoms with Gasteiger partial charge in [-0.25, -0.2) is 8.78 Å². The van der Waals surface area contributed by atoms with Crippen LogP contribution in [0.15, 0.2) is 83.8 Å². The highest BCUT2D eigenvalue weighted by molar-refractivity contribution is 7.99. The Morgan fingerprint density at radius 1 is 0.846 bits per heavy atom. The molecule has 3 aromatic rings. The van der Waals surface area contributed by atoms with Crippen molar-refractivity contribution < 1.29 is 18.3 Å². The van der Waals surface area contributed by atoms with Crippen LogP contribution in [0, 0.1) is 11.6 Å². The molecular weight excluding hydrogens is 538 g/mol. The molecule has 0 bridgehead atoms. The third kappa shape index (κ3) is 10.2. The molecule has 8 heteroatoms. The molecule has 0 N–H and O–H groups in total. The third-order valence-electron chi connectivity index (χ3n) is 6.95. The molecule has 0 aliphatic carbocycles. The van der Waals surface area contributed by atoms with Crippen molar-refractivity contribution in [2.24, 2.45) is 0 Å². The Balaban J connectivity index is 0.00000420. The monoisotopic (exact) mass is 574 g/mol. The molecule has 1 unspecified atom stereocenters. The van der Waals surface area contributed by atoms with E-state index in [9.17, 15) is 13.6 Å². The lowest BCUT2D eigenvalue weighted by Crippen LogP contribution is -2.49. The standard InChI is InChI=1S/C31H36F2N2O2S.ClH/c1-24(36)37-29(23-38-30-6-3-2-4-7-30)22-35-20-18-34(19-21-35)17-5-8-31(25-9-13-27(32)14-10-25)26-11-15-28(33)16-12-26;/h2-4,6-7,9-16,29,31H,5,8,17-23H2,1H3;1H. The molecule has 1 atom stereocenters. The lowest BCUT2D eigenvalue weighted by molar-refractivity contribution is -0.146. The number of thioether (sulfide) groups is 1. The van der Waals surface area contributed by atoms with Crippen LogP contribution in [-0.4, -0.2) is 66.9 Å². The Bertz CT molecular complexity index is 1080. The maximum absolute atomic E-state index is 13.5. The lowest BCUT2D eigenvalue weighted by atomic mass is 9.87. The fourth-order valence-corrected chi connectivity index (χ4v) is 5.88. The van der Waals surface area contributed by atoms with E-state index in [1.54, 1.807) is 11.8 Å². The van der Waals surface area contributed by atoms with E-state index in [4.69, 9.17) is 4.74 Å². The molecule has 3 aromatic carbocycles. The van der Waals surface area contributed by atoms with Crippen molar-refractivity contribution in [3.63, 3.8) is 0 Å². The Morgan fingerprint density at radius 3 is 1.92 bits per heavy atom. The smallest absolute Gasteiger partial charge is 0.302 e. The summed E-state index contributed by atoms with van der Waals surface area (Å²) in [6.45, 7) is 7.00. The zero-order valence-electron chi connectivity index (χ0n) is 22.3. The molecule has 0 amide bonds. The highest BCUT2D eigenvalue weighted by Gasteiger charge is 2.22. The molecule has 0 radical (unpaired) electrons. The van der Waals surface area contributed by atoms with Crippen LogP contribution in [0.2, 0.25) is 0 Å². The van der Waals surface area contributed by atoms with Crippen LogP contribution in [0.25, 0.3) is 0 Å². The summed E-state index contributed by atoms with van der Waals surface area (Å²) in [6, 6.07) is 23.5. The van der Waals surface area contributed by atoms with E-state index in [1.807, 2.05) is 42.5 Å². The fourth-order valence-electron chi connectivity index (χ4n) is 4.98. The van der Waals surface area contributed by atoms with Gasteiger partial charge in [0.2, 0.25) is 0 Å². The highest BCUT2D eigenvalue weighted by Crippen LogP contribution is 2.30. The van der Waals surface area contributed by atoms with Gasteiger partial charge in [-0.05, 0) is 66.9 Å².